The molecule has 10 rings (SSSR count). The Morgan fingerprint density at radius 3 is 0.984 bits per heavy atom. The Hall–Kier alpha value is -9.02. The van der Waals surface area contributed by atoms with E-state index >= 15 is 0 Å². The van der Waals surface area contributed by atoms with E-state index in [4.69, 9.17) is 62.7 Å². The van der Waals surface area contributed by atoms with Gasteiger partial charge in [-0.05, 0) is 328 Å². The topological polar surface area (TPSA) is 187 Å². The second-order valence-electron chi connectivity index (χ2n) is 35.0. The summed E-state index contributed by atoms with van der Waals surface area (Å²) in [5.41, 5.74) is 9.79. The zero-order valence-corrected chi connectivity index (χ0v) is 80.8. The van der Waals surface area contributed by atoms with Crippen molar-refractivity contribution in [1.82, 2.24) is 0 Å². The van der Waals surface area contributed by atoms with Gasteiger partial charge < -0.3 is 62.7 Å². The molecule has 8 aromatic carbocycles. The van der Waals surface area contributed by atoms with Gasteiger partial charge in [0, 0.05) is 13.0 Å². The Kier molecular flexibility index (Phi) is 53.3. The molecule has 15 nitrogen and oxygen atoms in total. The number of aromatic hydroxyl groups is 3. The van der Waals surface area contributed by atoms with Crippen LogP contribution in [-0.4, -0.2) is 83.9 Å². The fourth-order valence-corrected chi connectivity index (χ4v) is 12.8. The lowest BCUT2D eigenvalue weighted by atomic mass is 9.84. The lowest BCUT2D eigenvalue weighted by molar-refractivity contribution is -0.159. The number of rotatable bonds is 31. The quantitative estimate of drug-likeness (QED) is 0.0161. The van der Waals surface area contributed by atoms with E-state index in [1.807, 2.05) is 128 Å². The van der Waals surface area contributed by atoms with E-state index in [2.05, 4.69) is 170 Å². The number of ether oxygens (including phenoxy) is 10. The fourth-order valence-electron chi connectivity index (χ4n) is 12.8. The first kappa shape index (κ1) is 109. The third kappa shape index (κ3) is 46.3. The smallest absolute Gasteiger partial charge is 0.508 e. The van der Waals surface area contributed by atoms with Crippen molar-refractivity contribution in [3.8, 4) is 46.0 Å². The predicted octanol–water partition coefficient (Wildman–Crippen LogP) is 30.7. The number of carbonyl (C=O) groups is 2. The van der Waals surface area contributed by atoms with Gasteiger partial charge in [0.2, 0.25) is 0 Å². The number of hydrogen-bond acceptors (Lipinski definition) is 15. The summed E-state index contributed by atoms with van der Waals surface area (Å²) in [6.45, 7) is 54.0. The fraction of sp³-hybridized carbons (Fsp3) is 0.541. The molecule has 1 saturated carbocycles. The minimum absolute atomic E-state index is 0.0224. The van der Waals surface area contributed by atoms with Crippen molar-refractivity contribution >= 4 is 12.1 Å². The highest BCUT2D eigenvalue weighted by Gasteiger charge is 2.22. The Balaban J connectivity index is 0.000000376. The third-order valence-electron chi connectivity index (χ3n) is 22.6. The highest BCUT2D eigenvalue weighted by molar-refractivity contribution is 5.72. The van der Waals surface area contributed by atoms with Crippen LogP contribution in [0.3, 0.4) is 0 Å². The van der Waals surface area contributed by atoms with Crippen LogP contribution in [0.15, 0.2) is 194 Å². The summed E-state index contributed by atoms with van der Waals surface area (Å²) in [4.78, 5) is 22.6. The number of phenolic OH excluding ortho intramolecular Hbond substituents is 3. The van der Waals surface area contributed by atoms with Gasteiger partial charge in [-0.25, -0.2) is 4.79 Å². The minimum atomic E-state index is -0.668. The molecular formula is C109H162O15. The van der Waals surface area contributed by atoms with Gasteiger partial charge in [-0.3, -0.25) is 4.79 Å². The molecule has 1 aliphatic heterocycles. The zero-order valence-electron chi connectivity index (χ0n) is 80.8. The number of carbonyl (C=O) groups excluding carboxylic acids is 2. The molecule has 11 unspecified atom stereocenters. The molecule has 1 heterocycles. The molecule has 124 heavy (non-hydrogen) atoms. The number of hydrogen-bond donors (Lipinski definition) is 3. The first-order valence-electron chi connectivity index (χ1n) is 46.5. The first-order chi connectivity index (χ1) is 59.0. The molecular weight excluding hydrogens is 1550 g/mol. The van der Waals surface area contributed by atoms with Crippen LogP contribution in [0.2, 0.25) is 0 Å². The van der Waals surface area contributed by atoms with Gasteiger partial charge in [-0.2, -0.15) is 0 Å². The SMILES string of the molecule is CCC(C)C(=O)OC(C)(C)C.CCC(C)c1ccc(O)cc1.CCC(C)c1ccc(O)cc1.CCC(C)c1ccc(O)cc1.CCC(C)c1ccc(OC(=O)OC(C)(C)C)cc1.CCC(C)c1ccc(OC(C)OCCOc2ccc(C3CCCCC3)cc2)cc1.CCC(C)c1ccc(OC2CCCCO2)cc1.CCOC(C)Oc1ccc(C(C)CC)cc1. The summed E-state index contributed by atoms with van der Waals surface area (Å²) >= 11 is 0. The summed E-state index contributed by atoms with van der Waals surface area (Å²) in [5, 5.41) is 27.0. The lowest BCUT2D eigenvalue weighted by Crippen LogP contribution is -2.27. The molecule has 0 spiro atoms. The van der Waals surface area contributed by atoms with E-state index in [1.54, 1.807) is 69.3 Å². The van der Waals surface area contributed by atoms with Crippen LogP contribution < -0.4 is 23.7 Å². The normalized spacial score (nSPS) is 15.4. The molecule has 0 bridgehead atoms. The van der Waals surface area contributed by atoms with Crippen molar-refractivity contribution in [1.29, 1.82) is 0 Å². The molecule has 0 amide bonds. The van der Waals surface area contributed by atoms with Crippen molar-refractivity contribution in [3.05, 3.63) is 239 Å². The average Bonchev–Trinajstić information content (AvgIpc) is 0.880. The number of esters is 1. The Bertz CT molecular complexity index is 3890. The molecule has 2 fully saturated rings. The summed E-state index contributed by atoms with van der Waals surface area (Å²) < 4.78 is 55.0. The van der Waals surface area contributed by atoms with Gasteiger partial charge in [0.25, 0.3) is 0 Å². The van der Waals surface area contributed by atoms with Gasteiger partial charge in [0.1, 0.15) is 63.8 Å². The first-order valence-corrected chi connectivity index (χ1v) is 46.5. The van der Waals surface area contributed by atoms with E-state index in [0.717, 1.165) is 93.3 Å². The maximum atomic E-state index is 11.5. The number of benzene rings is 8. The molecule has 15 heteroatoms. The Morgan fingerprint density at radius 2 is 0.669 bits per heavy atom. The van der Waals surface area contributed by atoms with Crippen molar-refractivity contribution in [2.45, 2.75) is 353 Å². The molecule has 1 saturated heterocycles. The van der Waals surface area contributed by atoms with Gasteiger partial charge in [-0.1, -0.05) is 227 Å². The van der Waals surface area contributed by atoms with Crippen LogP contribution in [0.4, 0.5) is 4.79 Å². The summed E-state index contributed by atoms with van der Waals surface area (Å²) in [6, 6.07) is 63.5. The molecule has 2 aliphatic rings. The Labute approximate surface area is 750 Å². The van der Waals surface area contributed by atoms with Crippen molar-refractivity contribution in [2.24, 2.45) is 5.92 Å². The maximum absolute atomic E-state index is 11.5. The molecule has 0 aromatic heterocycles. The third-order valence-corrected chi connectivity index (χ3v) is 22.6. The zero-order chi connectivity index (χ0) is 92.2. The molecule has 0 radical (unpaired) electrons. The standard InChI is InChI=1S/C26H36O3.C15H22O3.C15H22O2.C14H22O2.3C10H14O.C9H18O2/c1-4-20(2)22-10-16-26(17-11-22)29-21(3)27-18-19-28-25-14-12-24(13-15-25)23-8-6-5-7-9-23;1-6-11(2)12-7-9-13(10-8-12)17-14(16)18-15(3,4)5;1-3-12(2)13-7-9-14(10-8-13)17-15-6-4-5-11-16-15;1-5-11(3)13-7-9-14(10-8-13)16-12(4)15-6-2;3*1-3-8(2)9-4-6-10(11)7-5-9;1-6-7(2)8(10)11-9(3,4)5/h10-17,20-21,23H,4-9,18-19H2,1-3H3;7-11H,6H2,1-5H3;7-10,12,15H,3-6,11H2,1-2H3;7-12H,5-6H2,1-4H3;3*4-8,11H,3H2,1-2H3;7H,6H2,1-5H3. The summed E-state index contributed by atoms with van der Waals surface area (Å²) in [7, 11) is 0. The van der Waals surface area contributed by atoms with Gasteiger partial charge in [-0.15, -0.1) is 0 Å². The summed E-state index contributed by atoms with van der Waals surface area (Å²) in [5.74, 6) is 9.83. The van der Waals surface area contributed by atoms with E-state index < -0.39 is 11.8 Å². The lowest BCUT2D eigenvalue weighted by Gasteiger charge is -2.23. The van der Waals surface area contributed by atoms with Gasteiger partial charge in [0.15, 0.2) is 18.9 Å². The highest BCUT2D eigenvalue weighted by atomic mass is 16.7. The van der Waals surface area contributed by atoms with Crippen molar-refractivity contribution < 1.29 is 72.3 Å². The van der Waals surface area contributed by atoms with Crippen LogP contribution in [0, 0.1) is 5.92 Å². The molecule has 1 aliphatic carbocycles. The van der Waals surface area contributed by atoms with Gasteiger partial charge >= 0.3 is 12.1 Å². The van der Waals surface area contributed by atoms with Crippen molar-refractivity contribution in [3.63, 3.8) is 0 Å². The molecule has 688 valence electrons. The van der Waals surface area contributed by atoms with E-state index in [-0.39, 0.29) is 36.4 Å². The van der Waals surface area contributed by atoms with E-state index in [0.29, 0.717) is 84.2 Å². The molecule has 3 N–H and O–H groups in total. The van der Waals surface area contributed by atoms with Crippen LogP contribution in [-0.2, 0) is 28.5 Å². The van der Waals surface area contributed by atoms with E-state index in [1.165, 1.54) is 89.5 Å². The molecule has 11 atom stereocenters. The minimum Gasteiger partial charge on any atom is -0.508 e. The predicted molar refractivity (Wildman–Crippen MR) is 513 cm³/mol. The van der Waals surface area contributed by atoms with Crippen LogP contribution >= 0.6 is 0 Å². The Morgan fingerprint density at radius 1 is 0.355 bits per heavy atom. The van der Waals surface area contributed by atoms with E-state index in [9.17, 15) is 9.59 Å². The van der Waals surface area contributed by atoms with Crippen molar-refractivity contribution in [2.75, 3.05) is 26.4 Å². The second kappa shape index (κ2) is 60.6. The van der Waals surface area contributed by atoms with Crippen LogP contribution in [0.1, 0.15) is 368 Å². The average molecular weight is 1710 g/mol. The largest absolute Gasteiger partial charge is 0.514 e. The van der Waals surface area contributed by atoms with Crippen LogP contribution in [0.5, 0.6) is 46.0 Å². The number of phenols is 3. The second-order valence-corrected chi connectivity index (χ2v) is 35.0. The summed E-state index contributed by atoms with van der Waals surface area (Å²) in [6.07, 6.45) is 17.8. The monoisotopic (exact) mass is 1710 g/mol. The highest BCUT2D eigenvalue weighted by Crippen LogP contribution is 2.35. The maximum Gasteiger partial charge on any atom is 0.514 e. The molecule has 8 aromatic rings. The van der Waals surface area contributed by atoms with Gasteiger partial charge in [0.05, 0.1) is 19.1 Å². The van der Waals surface area contributed by atoms with Crippen LogP contribution in [0.25, 0.3) is 0 Å².